The van der Waals surface area contributed by atoms with Crippen molar-refractivity contribution >= 4 is 32.6 Å². The van der Waals surface area contributed by atoms with Crippen LogP contribution in [0.4, 0.5) is 29.2 Å². The summed E-state index contributed by atoms with van der Waals surface area (Å²) < 4.78 is 77.8. The van der Waals surface area contributed by atoms with Crippen molar-refractivity contribution in [1.29, 1.82) is 0 Å². The smallest absolute Gasteiger partial charge is 0.351 e. The average molecular weight is 573 g/mol. The van der Waals surface area contributed by atoms with Gasteiger partial charge in [-0.1, -0.05) is 6.92 Å². The van der Waals surface area contributed by atoms with Gasteiger partial charge in [0.25, 0.3) is 0 Å². The second kappa shape index (κ2) is 11.6. The Bertz CT molecular complexity index is 1410. The zero-order valence-corrected chi connectivity index (χ0v) is 22.8. The Morgan fingerprint density at radius 1 is 1.13 bits per heavy atom. The number of aryl methyl sites for hydroxylation is 1. The van der Waals surface area contributed by atoms with E-state index in [1.54, 1.807) is 12.3 Å². The van der Waals surface area contributed by atoms with Crippen LogP contribution in [0.1, 0.15) is 41.0 Å². The lowest BCUT2D eigenvalue weighted by molar-refractivity contribution is -0.129. The molecule has 8 nitrogen and oxygen atoms in total. The maximum atomic E-state index is 14.6. The molecule has 39 heavy (non-hydrogen) atoms. The Morgan fingerprint density at radius 3 is 2.51 bits per heavy atom. The van der Waals surface area contributed by atoms with Gasteiger partial charge in [-0.25, -0.2) is 22.8 Å². The monoisotopic (exact) mass is 572 g/mol. The van der Waals surface area contributed by atoms with Crippen LogP contribution in [-0.4, -0.2) is 72.5 Å². The normalized spacial score (nSPS) is 20.4. The topological polar surface area (TPSA) is 100 Å². The van der Waals surface area contributed by atoms with Crippen molar-refractivity contribution in [2.45, 2.75) is 63.5 Å². The molecule has 1 saturated carbocycles. The first-order valence-corrected chi connectivity index (χ1v) is 14.4. The molecule has 1 aromatic carbocycles. The Kier molecular flexibility index (Phi) is 8.60. The van der Waals surface area contributed by atoms with Gasteiger partial charge in [0.1, 0.15) is 6.17 Å². The fourth-order valence-electron chi connectivity index (χ4n) is 4.81. The summed E-state index contributed by atoms with van der Waals surface area (Å²) in [4.78, 5) is 15.4. The Morgan fingerprint density at radius 2 is 1.90 bits per heavy atom. The van der Waals surface area contributed by atoms with Crippen molar-refractivity contribution in [2.75, 3.05) is 29.9 Å². The van der Waals surface area contributed by atoms with Crippen LogP contribution in [0.2, 0.25) is 0 Å². The van der Waals surface area contributed by atoms with E-state index in [1.807, 2.05) is 38.1 Å². The van der Waals surface area contributed by atoms with Crippen molar-refractivity contribution < 1.29 is 28.8 Å². The number of anilines is 2. The quantitative estimate of drug-likeness (QED) is 0.319. The van der Waals surface area contributed by atoms with E-state index in [0.717, 1.165) is 34.9 Å². The van der Waals surface area contributed by atoms with E-state index in [1.165, 1.54) is 12.3 Å². The van der Waals surface area contributed by atoms with E-state index in [2.05, 4.69) is 20.0 Å². The molecular weight excluding hydrogens is 536 g/mol. The summed E-state index contributed by atoms with van der Waals surface area (Å²) in [5, 5.41) is 4.08. The van der Waals surface area contributed by atoms with Gasteiger partial charge in [0.2, 0.25) is 16.0 Å². The molecule has 0 bridgehead atoms. The average Bonchev–Trinajstić information content (AvgIpc) is 2.87. The number of hydrogen-bond donors (Lipinski definition) is 2. The minimum absolute atomic E-state index is 0. The van der Waals surface area contributed by atoms with Crippen molar-refractivity contribution in [3.8, 4) is 11.3 Å². The molecule has 0 spiro atoms. The summed E-state index contributed by atoms with van der Waals surface area (Å²) in [5.41, 5.74) is 3.11. The maximum Gasteiger partial charge on any atom is 0.390 e. The Hall–Kier alpha value is -3.06. The summed E-state index contributed by atoms with van der Waals surface area (Å²) in [6.45, 7) is 2.00. The number of pyridine rings is 1. The van der Waals surface area contributed by atoms with Gasteiger partial charge < -0.3 is 10.2 Å². The fraction of sp³-hybridized carbons (Fsp3) is 0.500. The molecule has 13 heteroatoms. The zero-order valence-electron chi connectivity index (χ0n) is 22.0. The third-order valence-electron chi connectivity index (χ3n) is 6.86. The molecule has 1 aliphatic carbocycles. The lowest BCUT2D eigenvalue weighted by atomic mass is 9.89. The number of nitrogens with one attached hydrogen (secondary N) is 2. The van der Waals surface area contributed by atoms with Crippen LogP contribution in [0.25, 0.3) is 22.2 Å². The molecule has 2 N–H and O–H groups in total. The van der Waals surface area contributed by atoms with E-state index in [-0.39, 0.29) is 20.6 Å². The van der Waals surface area contributed by atoms with Crippen LogP contribution >= 0.6 is 0 Å². The molecule has 0 saturated heterocycles. The molecule has 2 heterocycles. The minimum Gasteiger partial charge on any atom is -0.351 e. The third kappa shape index (κ3) is 7.53. The number of rotatable bonds is 9. The number of hydrogen-bond acceptors (Lipinski definition) is 7. The summed E-state index contributed by atoms with van der Waals surface area (Å²) in [6, 6.07) is 6.73. The number of benzene rings is 1. The highest BCUT2D eigenvalue weighted by Crippen LogP contribution is 2.30. The van der Waals surface area contributed by atoms with Gasteiger partial charge in [-0.2, -0.15) is 13.2 Å². The molecule has 2 aromatic heterocycles. The summed E-state index contributed by atoms with van der Waals surface area (Å²) in [5.74, 6) is -0.614. The zero-order chi connectivity index (χ0) is 28.4. The van der Waals surface area contributed by atoms with Crippen LogP contribution < -0.4 is 10.0 Å². The number of alkyl halides is 4. The van der Waals surface area contributed by atoms with Gasteiger partial charge in [0, 0.05) is 38.5 Å². The first kappa shape index (κ1) is 28.9. The van der Waals surface area contributed by atoms with Gasteiger partial charge in [-0.15, -0.1) is 0 Å². The standard InChI is InChI=1S/C26H32F4N6O2S.2H2/c1-4-16-11-17(22-7-5-20(15-31-22)35-39(37,38)10-9-26(28,29)30)12-18-14-32-25(34-24(16)18)33-19-6-8-23(36(2)3)21(27)13-19;;/h5,7,11-12,14-15,19,21,23,35H,4,6,8-10,13H2,1-3H3,(H,32,33,34);2*1H/t19-,21?,23-;;/m1../s1. The van der Waals surface area contributed by atoms with Crippen molar-refractivity contribution in [1.82, 2.24) is 19.9 Å². The summed E-state index contributed by atoms with van der Waals surface area (Å²) in [6.07, 6.45) is -1.30. The molecular formula is C26H36F4N6O2S. The second-order valence-corrected chi connectivity index (χ2v) is 11.9. The van der Waals surface area contributed by atoms with Crippen LogP contribution in [0.15, 0.2) is 36.7 Å². The lowest BCUT2D eigenvalue weighted by Crippen LogP contribution is -2.44. The van der Waals surface area contributed by atoms with Gasteiger partial charge >= 0.3 is 6.18 Å². The van der Waals surface area contributed by atoms with Gasteiger partial charge in [0.05, 0.1) is 35.3 Å². The predicted octanol–water partition coefficient (Wildman–Crippen LogP) is 5.67. The molecule has 1 unspecified atom stereocenters. The fourth-order valence-corrected chi connectivity index (χ4v) is 5.89. The van der Waals surface area contributed by atoms with Gasteiger partial charge in [-0.05, 0) is 63.2 Å². The maximum absolute atomic E-state index is 14.6. The van der Waals surface area contributed by atoms with E-state index in [0.29, 0.717) is 24.5 Å². The molecule has 0 radical (unpaired) electrons. The van der Waals surface area contributed by atoms with E-state index < -0.39 is 34.5 Å². The van der Waals surface area contributed by atoms with E-state index in [9.17, 15) is 26.0 Å². The van der Waals surface area contributed by atoms with E-state index in [4.69, 9.17) is 4.98 Å². The molecule has 216 valence electrons. The predicted molar refractivity (Wildman–Crippen MR) is 148 cm³/mol. The van der Waals surface area contributed by atoms with Crippen LogP contribution in [-0.2, 0) is 16.4 Å². The number of aromatic nitrogens is 3. The highest BCUT2D eigenvalue weighted by molar-refractivity contribution is 7.92. The molecule has 1 fully saturated rings. The van der Waals surface area contributed by atoms with Crippen LogP contribution in [0.3, 0.4) is 0 Å². The summed E-state index contributed by atoms with van der Waals surface area (Å²) >= 11 is 0. The largest absolute Gasteiger partial charge is 0.390 e. The van der Waals surface area contributed by atoms with Crippen molar-refractivity contribution in [3.05, 3.63) is 42.2 Å². The van der Waals surface area contributed by atoms with Gasteiger partial charge in [0.15, 0.2) is 0 Å². The van der Waals surface area contributed by atoms with E-state index >= 15 is 0 Å². The van der Waals surface area contributed by atoms with Crippen LogP contribution in [0.5, 0.6) is 0 Å². The minimum atomic E-state index is -4.56. The number of nitrogens with zero attached hydrogens (tertiary/aromatic N) is 4. The Balaban J connectivity index is 0.00000294. The second-order valence-electron chi connectivity index (χ2n) is 10.0. The van der Waals surface area contributed by atoms with Crippen LogP contribution in [0, 0.1) is 0 Å². The molecule has 0 aliphatic heterocycles. The first-order valence-electron chi connectivity index (χ1n) is 12.7. The number of halogens is 4. The first-order chi connectivity index (χ1) is 18.3. The molecule has 0 amide bonds. The molecule has 1 aliphatic rings. The Labute approximate surface area is 228 Å². The third-order valence-corrected chi connectivity index (χ3v) is 8.15. The highest BCUT2D eigenvalue weighted by atomic mass is 32.2. The molecule has 3 aromatic rings. The molecule has 3 atom stereocenters. The SMILES string of the molecule is CCc1cc(-c2ccc(NS(=O)(=O)CCC(F)(F)F)cn2)cc2cnc(N[C@@H]3CC[C@@H](N(C)C)C(F)C3)nc12.[HH].[HH]. The van der Waals surface area contributed by atoms with Gasteiger partial charge in [-0.3, -0.25) is 9.71 Å². The lowest BCUT2D eigenvalue weighted by Gasteiger charge is -2.35. The van der Waals surface area contributed by atoms with Crippen molar-refractivity contribution in [3.63, 3.8) is 0 Å². The highest BCUT2D eigenvalue weighted by Gasteiger charge is 2.32. The number of fused-ring (bicyclic) bond motifs is 1. The van der Waals surface area contributed by atoms with Crippen molar-refractivity contribution in [2.24, 2.45) is 0 Å². The molecule has 4 rings (SSSR count). The summed E-state index contributed by atoms with van der Waals surface area (Å²) in [7, 11) is -0.375. The number of sulfonamides is 1.